The zero-order valence-corrected chi connectivity index (χ0v) is 19.6. The van der Waals surface area contributed by atoms with E-state index in [0.717, 1.165) is 33.8 Å². The Labute approximate surface area is 202 Å². The Bertz CT molecular complexity index is 1300. The Morgan fingerprint density at radius 1 is 1.03 bits per heavy atom. The van der Waals surface area contributed by atoms with E-state index in [1.165, 1.54) is 0 Å². The largest absolute Gasteiger partial charge is 0.497 e. The highest BCUT2D eigenvalue weighted by Gasteiger charge is 2.23. The van der Waals surface area contributed by atoms with Gasteiger partial charge >= 0.3 is 5.97 Å². The quantitative estimate of drug-likeness (QED) is 0.324. The van der Waals surface area contributed by atoms with Crippen molar-refractivity contribution in [3.05, 3.63) is 99.7 Å². The Hall–Kier alpha value is -3.28. The molecule has 1 aromatic heterocycles. The molecule has 0 aliphatic carbocycles. The van der Waals surface area contributed by atoms with Crippen LogP contribution in [0.1, 0.15) is 22.7 Å². The third-order valence-corrected chi connectivity index (χ3v) is 6.19. The highest BCUT2D eigenvalue weighted by Crippen LogP contribution is 2.32. The van der Waals surface area contributed by atoms with Gasteiger partial charge in [0, 0.05) is 12.0 Å². The van der Waals surface area contributed by atoms with Crippen LogP contribution in [-0.4, -0.2) is 28.0 Å². The molecule has 4 rings (SSSR count). The fourth-order valence-electron chi connectivity index (χ4n) is 3.75. The molecule has 7 heteroatoms. The summed E-state index contributed by atoms with van der Waals surface area (Å²) in [5.41, 5.74) is 4.83. The highest BCUT2D eigenvalue weighted by molar-refractivity contribution is 6.42. The van der Waals surface area contributed by atoms with Crippen molar-refractivity contribution in [2.45, 2.75) is 19.3 Å². The lowest BCUT2D eigenvalue weighted by molar-refractivity contribution is -0.138. The molecule has 168 valence electrons. The van der Waals surface area contributed by atoms with E-state index in [4.69, 9.17) is 33.0 Å². The summed E-state index contributed by atoms with van der Waals surface area (Å²) in [7, 11) is 1.61. The van der Waals surface area contributed by atoms with Gasteiger partial charge in [0.1, 0.15) is 5.75 Å². The van der Waals surface area contributed by atoms with Gasteiger partial charge in [-0.3, -0.25) is 4.79 Å². The van der Waals surface area contributed by atoms with Crippen LogP contribution in [0.15, 0.2) is 72.8 Å². The second-order valence-electron chi connectivity index (χ2n) is 7.77. The Morgan fingerprint density at radius 2 is 1.79 bits per heavy atom. The van der Waals surface area contributed by atoms with Crippen molar-refractivity contribution in [1.29, 1.82) is 0 Å². The highest BCUT2D eigenvalue weighted by atomic mass is 35.5. The van der Waals surface area contributed by atoms with E-state index in [-0.39, 0.29) is 6.42 Å². The number of methoxy groups -OCH3 is 1. The van der Waals surface area contributed by atoms with E-state index >= 15 is 0 Å². The van der Waals surface area contributed by atoms with Crippen LogP contribution in [0, 0.1) is 6.92 Å². The number of benzene rings is 3. The molecule has 1 N–H and O–H groups in total. The number of halogens is 2. The molecule has 4 aromatic rings. The van der Waals surface area contributed by atoms with Gasteiger partial charge in [-0.05, 0) is 55.0 Å². The predicted octanol–water partition coefficient (Wildman–Crippen LogP) is 6.57. The van der Waals surface area contributed by atoms with E-state index in [1.54, 1.807) is 23.9 Å². The molecule has 1 unspecified atom stereocenters. The van der Waals surface area contributed by atoms with E-state index in [0.29, 0.717) is 15.7 Å². The topological polar surface area (TPSA) is 64.4 Å². The van der Waals surface area contributed by atoms with Crippen LogP contribution in [0.4, 0.5) is 0 Å². The number of hydrogen-bond donors (Lipinski definition) is 1. The third kappa shape index (κ3) is 5.05. The second-order valence-corrected chi connectivity index (χ2v) is 8.58. The maximum Gasteiger partial charge on any atom is 0.311 e. The summed E-state index contributed by atoms with van der Waals surface area (Å²) in [5.74, 6) is -0.880. The Balaban J connectivity index is 1.79. The van der Waals surface area contributed by atoms with E-state index in [9.17, 15) is 9.90 Å². The summed E-state index contributed by atoms with van der Waals surface area (Å²) < 4.78 is 7.05. The predicted molar refractivity (Wildman–Crippen MR) is 131 cm³/mol. The van der Waals surface area contributed by atoms with Crippen LogP contribution >= 0.6 is 23.2 Å². The molecular formula is C26H22Cl2N2O3. The van der Waals surface area contributed by atoms with Crippen molar-refractivity contribution in [2.75, 3.05) is 7.11 Å². The molecule has 1 heterocycles. The molecule has 3 aromatic carbocycles. The zero-order valence-electron chi connectivity index (χ0n) is 18.1. The maximum atomic E-state index is 12.1. The first-order valence-corrected chi connectivity index (χ1v) is 11.1. The number of hydrogen-bond acceptors (Lipinski definition) is 3. The molecule has 0 saturated heterocycles. The SMILES string of the molecule is COc1ccc(-n2nc(CC(C(=O)O)c3cccc(C)c3)cc2-c2ccc(Cl)c(Cl)c2)cc1. The van der Waals surface area contributed by atoms with Gasteiger partial charge in [0.2, 0.25) is 0 Å². The van der Waals surface area contributed by atoms with Crippen LogP contribution in [0.5, 0.6) is 5.75 Å². The minimum Gasteiger partial charge on any atom is -0.497 e. The van der Waals surface area contributed by atoms with Gasteiger partial charge in [0.15, 0.2) is 0 Å². The maximum absolute atomic E-state index is 12.1. The van der Waals surface area contributed by atoms with Crippen LogP contribution in [-0.2, 0) is 11.2 Å². The lowest BCUT2D eigenvalue weighted by Crippen LogP contribution is -2.15. The summed E-state index contributed by atoms with van der Waals surface area (Å²) >= 11 is 12.4. The van der Waals surface area contributed by atoms with Gasteiger partial charge in [-0.25, -0.2) is 4.68 Å². The van der Waals surface area contributed by atoms with Crippen molar-refractivity contribution in [3.8, 4) is 22.7 Å². The number of aliphatic carboxylic acids is 1. The van der Waals surface area contributed by atoms with E-state index < -0.39 is 11.9 Å². The molecule has 1 atom stereocenters. The molecule has 0 aliphatic rings. The van der Waals surface area contributed by atoms with Crippen molar-refractivity contribution in [3.63, 3.8) is 0 Å². The molecular weight excluding hydrogens is 459 g/mol. The molecule has 0 bridgehead atoms. The third-order valence-electron chi connectivity index (χ3n) is 5.45. The fraction of sp³-hybridized carbons (Fsp3) is 0.154. The standard InChI is InChI=1S/C26H22Cl2N2O3/c1-16-4-3-5-17(12-16)22(26(31)32)14-19-15-25(18-6-11-23(27)24(28)13-18)30(29-19)20-7-9-21(33-2)10-8-20/h3-13,15,22H,14H2,1-2H3,(H,31,32). The minimum atomic E-state index is -0.893. The lowest BCUT2D eigenvalue weighted by Gasteiger charge is -2.12. The van der Waals surface area contributed by atoms with Gasteiger partial charge < -0.3 is 9.84 Å². The first-order chi connectivity index (χ1) is 15.9. The molecule has 0 saturated carbocycles. The number of nitrogens with zero attached hydrogens (tertiary/aromatic N) is 2. The number of carbonyl (C=O) groups is 1. The van der Waals surface area contributed by atoms with E-state index in [2.05, 4.69) is 0 Å². The van der Waals surface area contributed by atoms with Crippen LogP contribution in [0.3, 0.4) is 0 Å². The van der Waals surface area contributed by atoms with Gasteiger partial charge in [-0.15, -0.1) is 0 Å². The average Bonchev–Trinajstić information content (AvgIpc) is 3.23. The van der Waals surface area contributed by atoms with Crippen molar-refractivity contribution in [2.24, 2.45) is 0 Å². The zero-order chi connectivity index (χ0) is 23.5. The van der Waals surface area contributed by atoms with Crippen LogP contribution < -0.4 is 4.74 Å². The second kappa shape index (κ2) is 9.69. The molecule has 0 radical (unpaired) electrons. The van der Waals surface area contributed by atoms with Gasteiger partial charge in [-0.1, -0.05) is 59.1 Å². The molecule has 0 spiro atoms. The van der Waals surface area contributed by atoms with Crippen molar-refractivity contribution in [1.82, 2.24) is 9.78 Å². The number of aryl methyl sites for hydroxylation is 1. The molecule has 33 heavy (non-hydrogen) atoms. The Kier molecular flexibility index (Phi) is 6.72. The monoisotopic (exact) mass is 480 g/mol. The van der Waals surface area contributed by atoms with Crippen LogP contribution in [0.25, 0.3) is 16.9 Å². The molecule has 5 nitrogen and oxygen atoms in total. The number of carboxylic acids is 1. The minimum absolute atomic E-state index is 0.246. The van der Waals surface area contributed by atoms with Crippen molar-refractivity contribution >= 4 is 29.2 Å². The summed E-state index contributed by atoms with van der Waals surface area (Å²) in [6.45, 7) is 1.95. The molecule has 0 aliphatic heterocycles. The lowest BCUT2D eigenvalue weighted by atomic mass is 9.93. The Morgan fingerprint density at radius 3 is 2.42 bits per heavy atom. The number of ether oxygens (including phenoxy) is 1. The summed E-state index contributed by atoms with van der Waals surface area (Å²) in [5, 5.41) is 15.6. The number of rotatable bonds is 7. The van der Waals surface area contributed by atoms with E-state index in [1.807, 2.05) is 67.6 Å². The summed E-state index contributed by atoms with van der Waals surface area (Å²) in [6.07, 6.45) is 0.246. The number of carboxylic acid groups (broad SMARTS) is 1. The normalized spacial score (nSPS) is 11.9. The number of aromatic nitrogens is 2. The van der Waals surface area contributed by atoms with Gasteiger partial charge in [0.25, 0.3) is 0 Å². The molecule has 0 fully saturated rings. The van der Waals surface area contributed by atoms with Gasteiger partial charge in [-0.2, -0.15) is 5.10 Å². The fourth-order valence-corrected chi connectivity index (χ4v) is 4.05. The van der Waals surface area contributed by atoms with Crippen molar-refractivity contribution < 1.29 is 14.6 Å². The van der Waals surface area contributed by atoms with Gasteiger partial charge in [0.05, 0.1) is 40.1 Å². The average molecular weight is 481 g/mol. The van der Waals surface area contributed by atoms with Crippen LogP contribution in [0.2, 0.25) is 10.0 Å². The summed E-state index contributed by atoms with van der Waals surface area (Å²) in [6, 6.07) is 22.3. The summed E-state index contributed by atoms with van der Waals surface area (Å²) in [4.78, 5) is 12.1. The molecule has 0 amide bonds. The first-order valence-electron chi connectivity index (χ1n) is 10.3. The first kappa shape index (κ1) is 22.9. The smallest absolute Gasteiger partial charge is 0.311 e.